The Morgan fingerprint density at radius 3 is 2.52 bits per heavy atom. The van der Waals surface area contributed by atoms with E-state index in [2.05, 4.69) is 12.2 Å². The fourth-order valence-corrected chi connectivity index (χ4v) is 2.51. The van der Waals surface area contributed by atoms with Gasteiger partial charge in [0.15, 0.2) is 0 Å². The minimum Gasteiger partial charge on any atom is -0.481 e. The molecule has 0 saturated carbocycles. The van der Waals surface area contributed by atoms with Gasteiger partial charge in [0.25, 0.3) is 5.91 Å². The average Bonchev–Trinajstić information content (AvgIpc) is 2.74. The molecule has 0 bridgehead atoms. The van der Waals surface area contributed by atoms with Crippen LogP contribution < -0.4 is 5.32 Å². The SMILES string of the molecule is CCCC(CCNC(=O)c1cc(C)oc1C)CCC(=O)O. The summed E-state index contributed by atoms with van der Waals surface area (Å²) >= 11 is 0. The van der Waals surface area contributed by atoms with Crippen molar-refractivity contribution in [3.8, 4) is 0 Å². The average molecular weight is 295 g/mol. The third-order valence-corrected chi connectivity index (χ3v) is 3.59. The lowest BCUT2D eigenvalue weighted by Gasteiger charge is -2.15. The zero-order valence-electron chi connectivity index (χ0n) is 13.1. The maximum Gasteiger partial charge on any atom is 0.303 e. The highest BCUT2D eigenvalue weighted by Crippen LogP contribution is 2.18. The quantitative estimate of drug-likeness (QED) is 0.732. The minimum absolute atomic E-state index is 0.127. The molecular weight excluding hydrogens is 270 g/mol. The van der Waals surface area contributed by atoms with E-state index in [0.717, 1.165) is 25.0 Å². The van der Waals surface area contributed by atoms with Crippen LogP contribution in [0.1, 0.15) is 60.9 Å². The number of hydrogen-bond acceptors (Lipinski definition) is 3. The summed E-state index contributed by atoms with van der Waals surface area (Å²) in [5.41, 5.74) is 0.574. The van der Waals surface area contributed by atoms with Gasteiger partial charge in [0.2, 0.25) is 0 Å². The van der Waals surface area contributed by atoms with Crippen LogP contribution in [0.25, 0.3) is 0 Å². The second-order valence-electron chi connectivity index (χ2n) is 5.46. The van der Waals surface area contributed by atoms with Crippen LogP contribution >= 0.6 is 0 Å². The molecule has 0 spiro atoms. The summed E-state index contributed by atoms with van der Waals surface area (Å²) in [6.45, 7) is 6.23. The number of carboxylic acids is 1. The topological polar surface area (TPSA) is 79.5 Å². The van der Waals surface area contributed by atoms with Crippen molar-refractivity contribution in [1.29, 1.82) is 0 Å². The first-order valence-electron chi connectivity index (χ1n) is 7.51. The summed E-state index contributed by atoms with van der Waals surface area (Å²) < 4.78 is 5.34. The standard InChI is InChI=1S/C16H25NO4/c1-4-5-13(6-7-15(18)19)8-9-17-16(20)14-10-11(2)21-12(14)3/h10,13H,4-9H2,1-3H3,(H,17,20)(H,18,19). The summed E-state index contributed by atoms with van der Waals surface area (Å²) in [4.78, 5) is 22.7. The van der Waals surface area contributed by atoms with Crippen molar-refractivity contribution in [3.63, 3.8) is 0 Å². The normalized spacial score (nSPS) is 12.1. The molecule has 2 N–H and O–H groups in total. The summed E-state index contributed by atoms with van der Waals surface area (Å²) in [7, 11) is 0. The number of amides is 1. The monoisotopic (exact) mass is 295 g/mol. The molecule has 1 aromatic rings. The summed E-state index contributed by atoms with van der Waals surface area (Å²) in [6.07, 6.45) is 3.69. The molecule has 5 heteroatoms. The molecule has 0 aliphatic rings. The molecule has 1 amide bonds. The number of furan rings is 1. The van der Waals surface area contributed by atoms with Gasteiger partial charge >= 0.3 is 5.97 Å². The highest BCUT2D eigenvalue weighted by atomic mass is 16.4. The van der Waals surface area contributed by atoms with E-state index in [0.29, 0.717) is 30.2 Å². The largest absolute Gasteiger partial charge is 0.481 e. The van der Waals surface area contributed by atoms with Crippen molar-refractivity contribution >= 4 is 11.9 Å². The second-order valence-corrected chi connectivity index (χ2v) is 5.46. The van der Waals surface area contributed by atoms with E-state index in [1.54, 1.807) is 13.0 Å². The smallest absolute Gasteiger partial charge is 0.303 e. The Morgan fingerprint density at radius 1 is 1.29 bits per heavy atom. The first-order chi connectivity index (χ1) is 9.93. The zero-order chi connectivity index (χ0) is 15.8. The summed E-state index contributed by atoms with van der Waals surface area (Å²) in [6, 6.07) is 1.73. The van der Waals surface area contributed by atoms with E-state index >= 15 is 0 Å². The van der Waals surface area contributed by atoms with Crippen molar-refractivity contribution in [2.45, 2.75) is 52.9 Å². The van der Waals surface area contributed by atoms with E-state index in [1.165, 1.54) is 0 Å². The van der Waals surface area contributed by atoms with Gasteiger partial charge in [0.1, 0.15) is 11.5 Å². The third-order valence-electron chi connectivity index (χ3n) is 3.59. The first-order valence-corrected chi connectivity index (χ1v) is 7.51. The van der Waals surface area contributed by atoms with Gasteiger partial charge in [-0.2, -0.15) is 0 Å². The lowest BCUT2D eigenvalue weighted by molar-refractivity contribution is -0.137. The molecule has 1 rings (SSSR count). The van der Waals surface area contributed by atoms with E-state index < -0.39 is 5.97 Å². The summed E-state index contributed by atoms with van der Waals surface area (Å²) in [5.74, 6) is 0.810. The van der Waals surface area contributed by atoms with Crippen LogP contribution in [0.2, 0.25) is 0 Å². The number of carboxylic acid groups (broad SMARTS) is 1. The fraction of sp³-hybridized carbons (Fsp3) is 0.625. The van der Waals surface area contributed by atoms with Crippen LogP contribution in [-0.2, 0) is 4.79 Å². The van der Waals surface area contributed by atoms with Gasteiger partial charge in [-0.25, -0.2) is 0 Å². The van der Waals surface area contributed by atoms with Crippen LogP contribution in [-0.4, -0.2) is 23.5 Å². The second kappa shape index (κ2) is 8.49. The Hall–Kier alpha value is -1.78. The molecule has 0 aliphatic carbocycles. The van der Waals surface area contributed by atoms with Gasteiger partial charge < -0.3 is 14.8 Å². The maximum absolute atomic E-state index is 12.0. The molecule has 0 fully saturated rings. The summed E-state index contributed by atoms with van der Waals surface area (Å²) in [5, 5.41) is 11.6. The molecule has 1 atom stereocenters. The van der Waals surface area contributed by atoms with E-state index in [-0.39, 0.29) is 12.3 Å². The van der Waals surface area contributed by atoms with E-state index in [9.17, 15) is 9.59 Å². The Bertz CT molecular complexity index is 479. The number of aliphatic carboxylic acids is 1. The first kappa shape index (κ1) is 17.3. The molecule has 0 aromatic carbocycles. The van der Waals surface area contributed by atoms with Crippen molar-refractivity contribution < 1.29 is 19.1 Å². The number of carbonyl (C=O) groups excluding carboxylic acids is 1. The van der Waals surface area contributed by atoms with Gasteiger partial charge in [0.05, 0.1) is 5.56 Å². The molecule has 21 heavy (non-hydrogen) atoms. The van der Waals surface area contributed by atoms with Crippen LogP contribution in [0.15, 0.2) is 10.5 Å². The van der Waals surface area contributed by atoms with Crippen molar-refractivity contribution in [3.05, 3.63) is 23.2 Å². The Morgan fingerprint density at radius 2 is 2.00 bits per heavy atom. The lowest BCUT2D eigenvalue weighted by atomic mass is 9.94. The Labute approximate surface area is 125 Å². The van der Waals surface area contributed by atoms with Crippen LogP contribution in [0.4, 0.5) is 0 Å². The molecule has 0 aliphatic heterocycles. The molecule has 0 saturated heterocycles. The molecule has 118 valence electrons. The molecule has 5 nitrogen and oxygen atoms in total. The highest BCUT2D eigenvalue weighted by Gasteiger charge is 2.14. The van der Waals surface area contributed by atoms with Gasteiger partial charge in [-0.15, -0.1) is 0 Å². The van der Waals surface area contributed by atoms with E-state index in [4.69, 9.17) is 9.52 Å². The van der Waals surface area contributed by atoms with Gasteiger partial charge in [-0.05, 0) is 38.7 Å². The van der Waals surface area contributed by atoms with Gasteiger partial charge in [-0.3, -0.25) is 9.59 Å². The van der Waals surface area contributed by atoms with Crippen LogP contribution in [0.5, 0.6) is 0 Å². The van der Waals surface area contributed by atoms with Gasteiger partial charge in [0, 0.05) is 13.0 Å². The zero-order valence-corrected chi connectivity index (χ0v) is 13.1. The predicted octanol–water partition coefficient (Wildman–Crippen LogP) is 3.30. The Kier molecular flexibility index (Phi) is 6.99. The maximum atomic E-state index is 12.0. The van der Waals surface area contributed by atoms with Crippen molar-refractivity contribution in [2.75, 3.05) is 6.54 Å². The third kappa shape index (κ3) is 6.02. The molecule has 0 radical (unpaired) electrons. The Balaban J connectivity index is 2.40. The number of rotatable bonds is 9. The number of carbonyl (C=O) groups is 2. The van der Waals surface area contributed by atoms with Crippen LogP contribution in [0, 0.1) is 19.8 Å². The van der Waals surface area contributed by atoms with E-state index in [1.807, 2.05) is 6.92 Å². The predicted molar refractivity (Wildman–Crippen MR) is 80.4 cm³/mol. The number of hydrogen-bond donors (Lipinski definition) is 2. The van der Waals surface area contributed by atoms with Crippen molar-refractivity contribution in [1.82, 2.24) is 5.32 Å². The molecular formula is C16H25NO4. The molecule has 1 unspecified atom stereocenters. The minimum atomic E-state index is -0.760. The van der Waals surface area contributed by atoms with Crippen LogP contribution in [0.3, 0.4) is 0 Å². The number of nitrogens with one attached hydrogen (secondary N) is 1. The highest BCUT2D eigenvalue weighted by molar-refractivity contribution is 5.95. The fourth-order valence-electron chi connectivity index (χ4n) is 2.51. The molecule has 1 aromatic heterocycles. The lowest BCUT2D eigenvalue weighted by Crippen LogP contribution is -2.26. The molecule has 1 heterocycles. The number of aryl methyl sites for hydroxylation is 2. The van der Waals surface area contributed by atoms with Gasteiger partial charge in [-0.1, -0.05) is 19.8 Å². The van der Waals surface area contributed by atoms with Crippen molar-refractivity contribution in [2.24, 2.45) is 5.92 Å².